The van der Waals surface area contributed by atoms with Crippen LogP contribution in [0.2, 0.25) is 0 Å². The Bertz CT molecular complexity index is 3050. The molecule has 8 rings (SSSR count). The Labute approximate surface area is 688 Å². The summed E-state index contributed by atoms with van der Waals surface area (Å²) >= 11 is 0. The van der Waals surface area contributed by atoms with Crippen LogP contribution in [0.5, 0.6) is 0 Å². The number of ether oxygens (including phenoxy) is 17. The fraction of sp³-hybridized carbons (Fsp3) is 0.836. The summed E-state index contributed by atoms with van der Waals surface area (Å²) in [5.41, 5.74) is 8.26. The molecule has 115 heavy (non-hydrogen) atoms. The van der Waals surface area contributed by atoms with E-state index in [9.17, 15) is 84.3 Å². The quantitative estimate of drug-likeness (QED) is 0.00394. The Morgan fingerprint density at radius 3 is 1.38 bits per heavy atom. The zero-order chi connectivity index (χ0) is 83.2. The summed E-state index contributed by atoms with van der Waals surface area (Å²) in [5.74, 6) is 10.5. The first-order valence-corrected chi connectivity index (χ1v) is 38.5. The number of esters is 3. The van der Waals surface area contributed by atoms with Crippen molar-refractivity contribution in [3.8, 4) is 23.7 Å². The maximum absolute atomic E-state index is 13.4. The first-order chi connectivity index (χ1) is 55.0. The van der Waals surface area contributed by atoms with Crippen molar-refractivity contribution < 1.29 is 194 Å². The van der Waals surface area contributed by atoms with Gasteiger partial charge < -0.3 is 153 Å². The standard InChI is InChI=1S/C38H64N6O25.C33H45NO9.C2H6.Na/c1-15(47)42-19-27(21(49)17(13-45)63-35(19)59-4)65-38-26(54)24(52)30(32(69-38)34(56)57)67-36-20(43-16(2)48)28(22(50)18(14-46)64-36)66-37-25(53)23(51)29(58-3)31(68-37)33(55)40-5-7-60-9-11-62-12-10-61-8-6-41-44-39;35-30(14-9-15-31(36)42-22-28-24-10-5-1-2-6-11-25(24)28)40-20-18-39-19-21-41-32(37)16-17-34-33(38)43-23-29-26-12-7-3-4-8-13-27(26)29;1-2;/h17-32,35-38,45-46,49-54H,5-14H2,1-4H3,(H,40,55)(H,42,47)(H,43,48)(H,56,57);24-29H,5-23H2,(H,34,38);1-2H3;/q;;;+1/p-1/t;24-,25+,26-,27+,28?,29?;;. The number of hydrogen-bond donors (Lipinski definition) is 12. The van der Waals surface area contributed by atoms with Crippen LogP contribution in [0.15, 0.2) is 5.11 Å². The van der Waals surface area contributed by atoms with Crippen molar-refractivity contribution in [1.82, 2.24) is 21.3 Å². The number of carboxylic acid groups (broad SMARTS) is 1. The van der Waals surface area contributed by atoms with Crippen molar-refractivity contribution in [1.29, 1.82) is 0 Å². The second kappa shape index (κ2) is 53.6. The molecule has 2 saturated carbocycles. The van der Waals surface area contributed by atoms with Crippen molar-refractivity contribution in [2.45, 2.75) is 227 Å². The molecule has 0 aromatic heterocycles. The second-order valence-electron chi connectivity index (χ2n) is 27.5. The van der Waals surface area contributed by atoms with E-state index in [-0.39, 0.29) is 140 Å². The van der Waals surface area contributed by atoms with Crippen molar-refractivity contribution >= 4 is 47.7 Å². The number of methoxy groups -OCH3 is 2. The normalized spacial score (nSPS) is 32.8. The second-order valence-corrected chi connectivity index (χ2v) is 27.5. The summed E-state index contributed by atoms with van der Waals surface area (Å²) in [5, 5.41) is 113. The van der Waals surface area contributed by atoms with Crippen molar-refractivity contribution in [3.63, 3.8) is 0 Å². The number of aliphatic hydroxyl groups is 8. The maximum Gasteiger partial charge on any atom is 1.00 e. The molecule has 12 N–H and O–H groups in total. The zero-order valence-corrected chi connectivity index (χ0v) is 68.1. The molecule has 0 bridgehead atoms. The zero-order valence-electron chi connectivity index (χ0n) is 66.1. The molecule has 4 aliphatic heterocycles. The van der Waals surface area contributed by atoms with Crippen LogP contribution in [0.1, 0.15) is 105 Å². The van der Waals surface area contributed by atoms with E-state index in [2.05, 4.69) is 55.0 Å². The molecular weight excluding hydrogens is 1540 g/mol. The van der Waals surface area contributed by atoms with E-state index in [1.54, 1.807) is 0 Å². The summed E-state index contributed by atoms with van der Waals surface area (Å²) in [7, 11) is 2.29. The number of alkyl carbamates (subject to hydrolysis) is 1. The van der Waals surface area contributed by atoms with Crippen LogP contribution in [0.25, 0.3) is 10.4 Å². The number of aliphatic hydroxyl groups excluding tert-OH is 8. The molecule has 0 aromatic carbocycles. The van der Waals surface area contributed by atoms with Gasteiger partial charge in [0.05, 0.1) is 91.7 Å². The van der Waals surface area contributed by atoms with Crippen LogP contribution in [0, 0.1) is 59.2 Å². The van der Waals surface area contributed by atoms with Crippen molar-refractivity contribution in [2.75, 3.05) is 126 Å². The van der Waals surface area contributed by atoms with Crippen LogP contribution < -0.4 is 55.9 Å². The first kappa shape index (κ1) is 99.7. The van der Waals surface area contributed by atoms with Crippen LogP contribution in [-0.4, -0.2) is 338 Å². The SMILES string of the molecule is CC.COC1OC(CO)C(O)C(OC2OC(C(=O)[O-])C(OC3OC(CO)C(O)C(OC4OC(C(=O)NCCOCCOCCOCCN=[N+]=[N-])C(OC)C(O)C4O)C3NC(C)=O)C(O)C2O)C1NC(C)=O.O=C(CCCC(=O)OCC1[C@H]2CCC#CCC[C@@H]12)OCCOCCOC(=O)CCNC(=O)OCC1[C@H]2CCC#CCC[C@@H]12.[Na+]. The molecule has 646 valence electrons. The summed E-state index contributed by atoms with van der Waals surface area (Å²) in [6, 6.07) is -3.14. The molecule has 4 heterocycles. The van der Waals surface area contributed by atoms with Gasteiger partial charge >= 0.3 is 53.6 Å². The van der Waals surface area contributed by atoms with Crippen LogP contribution in [0.4, 0.5) is 4.79 Å². The first-order valence-electron chi connectivity index (χ1n) is 38.5. The van der Waals surface area contributed by atoms with Gasteiger partial charge in [0.2, 0.25) is 11.8 Å². The number of nitrogens with one attached hydrogen (secondary N) is 4. The van der Waals surface area contributed by atoms with E-state index in [4.69, 9.17) is 86.1 Å². The van der Waals surface area contributed by atoms with Gasteiger partial charge in [0, 0.05) is 91.1 Å². The van der Waals surface area contributed by atoms with E-state index in [1.165, 1.54) is 7.11 Å². The molecule has 8 aliphatic rings. The summed E-state index contributed by atoms with van der Waals surface area (Å²) in [6.07, 6.45) is -25.9. The Morgan fingerprint density at radius 2 is 0.913 bits per heavy atom. The van der Waals surface area contributed by atoms with Gasteiger partial charge in [0.15, 0.2) is 31.3 Å². The molecule has 26 atom stereocenters. The molecule has 0 spiro atoms. The minimum atomic E-state index is -2.38. The van der Waals surface area contributed by atoms with E-state index >= 15 is 0 Å². The van der Waals surface area contributed by atoms with E-state index in [0.29, 0.717) is 55.1 Å². The minimum absolute atomic E-state index is 0. The number of carbonyl (C=O) groups is 8. The molecular formula is C73H114N7NaO34. The van der Waals surface area contributed by atoms with E-state index in [0.717, 1.165) is 72.3 Å². The van der Waals surface area contributed by atoms with Crippen molar-refractivity contribution in [3.05, 3.63) is 10.4 Å². The average Bonchev–Trinajstić information content (AvgIpc) is 1.40. The average molecular weight is 1660 g/mol. The van der Waals surface area contributed by atoms with E-state index in [1.807, 2.05) is 13.8 Å². The van der Waals surface area contributed by atoms with Crippen LogP contribution >= 0.6 is 0 Å². The van der Waals surface area contributed by atoms with Gasteiger partial charge in [0.25, 0.3) is 5.91 Å². The molecule has 0 aromatic rings. The molecule has 42 heteroatoms. The number of amides is 4. The van der Waals surface area contributed by atoms with Gasteiger partial charge in [-0.2, -0.15) is 0 Å². The third kappa shape index (κ3) is 32.0. The van der Waals surface area contributed by atoms with Crippen molar-refractivity contribution in [2.24, 2.45) is 40.6 Å². The largest absolute Gasteiger partial charge is 1.00 e. The molecule has 41 nitrogen and oxygen atoms in total. The fourth-order valence-corrected chi connectivity index (χ4v) is 14.1. The number of hydrogen-bond acceptors (Lipinski definition) is 35. The number of nitrogens with zero attached hydrogens (tertiary/aromatic N) is 3. The third-order valence-electron chi connectivity index (χ3n) is 20.0. The monoisotopic (exact) mass is 1660 g/mol. The summed E-state index contributed by atoms with van der Waals surface area (Å²) < 4.78 is 92.8. The third-order valence-corrected chi connectivity index (χ3v) is 20.0. The number of fused-ring (bicyclic) bond motifs is 2. The minimum Gasteiger partial charge on any atom is -0.547 e. The van der Waals surface area contributed by atoms with Gasteiger partial charge in [-0.15, -0.1) is 23.7 Å². The number of aliphatic carboxylic acids is 1. The topological polar surface area (TPSA) is 575 Å². The van der Waals surface area contributed by atoms with Gasteiger partial charge in [0.1, 0.15) is 105 Å². The van der Waals surface area contributed by atoms with Gasteiger partial charge in [-0.3, -0.25) is 28.8 Å². The van der Waals surface area contributed by atoms with Crippen LogP contribution in [-0.2, 0) is 114 Å². The predicted octanol–water partition coefficient (Wildman–Crippen LogP) is -7.08. The predicted molar refractivity (Wildman–Crippen MR) is 383 cm³/mol. The summed E-state index contributed by atoms with van der Waals surface area (Å²) in [4.78, 5) is 101. The van der Waals surface area contributed by atoms with Crippen LogP contribution in [0.3, 0.4) is 0 Å². The number of carboxylic acids is 1. The maximum atomic E-state index is 13.4. The molecule has 22 unspecified atom stereocenters. The fourth-order valence-electron chi connectivity index (χ4n) is 14.1. The van der Waals surface area contributed by atoms with Gasteiger partial charge in [-0.05, 0) is 73.1 Å². The Balaban J connectivity index is 0.000000439. The molecule has 0 radical (unpaired) electrons. The number of rotatable bonds is 43. The smallest absolute Gasteiger partial charge is 0.547 e. The van der Waals surface area contributed by atoms with Gasteiger partial charge in [-0.1, -0.05) is 19.0 Å². The Kier molecular flexibility index (Phi) is 46.5. The molecule has 4 amide bonds. The molecule has 6 fully saturated rings. The summed E-state index contributed by atoms with van der Waals surface area (Å²) in [6.45, 7) is 6.96. The number of carbonyl (C=O) groups excluding carboxylic acids is 8. The molecule has 4 saturated heterocycles. The Morgan fingerprint density at radius 1 is 0.487 bits per heavy atom. The van der Waals surface area contributed by atoms with Gasteiger partial charge in [-0.25, -0.2) is 4.79 Å². The Hall–Kier alpha value is -5.85. The number of azide groups is 1. The van der Waals surface area contributed by atoms with E-state index < -0.39 is 178 Å². The molecule has 4 aliphatic carbocycles.